The summed E-state index contributed by atoms with van der Waals surface area (Å²) in [4.78, 5) is 7.10. The first-order valence-corrected chi connectivity index (χ1v) is 12.7. The van der Waals surface area contributed by atoms with Gasteiger partial charge in [0.05, 0.1) is 31.8 Å². The molecule has 2 aromatic heterocycles. The maximum Gasteiger partial charge on any atom is 0.196 e. The van der Waals surface area contributed by atoms with Gasteiger partial charge in [-0.05, 0) is 54.9 Å². The van der Waals surface area contributed by atoms with Crippen molar-refractivity contribution in [3.8, 4) is 28.7 Å². The highest BCUT2D eigenvalue weighted by Gasteiger charge is 2.27. The van der Waals surface area contributed by atoms with Crippen LogP contribution < -0.4 is 24.5 Å². The number of nitrogens with zero attached hydrogens (tertiary/aromatic N) is 3. The molecule has 2 aromatic carbocycles. The van der Waals surface area contributed by atoms with Crippen molar-refractivity contribution in [1.82, 2.24) is 9.66 Å². The Hall–Kier alpha value is -3.50. The largest absolute Gasteiger partial charge is 0.497 e. The summed E-state index contributed by atoms with van der Waals surface area (Å²) >= 11 is 1.51. The number of rotatable bonds is 8. The molecule has 1 N–H and O–H groups in total. The van der Waals surface area contributed by atoms with Gasteiger partial charge in [-0.3, -0.25) is 5.43 Å². The molecule has 10 heteroatoms. The summed E-state index contributed by atoms with van der Waals surface area (Å²) in [6, 6.07) is 14.3. The number of methoxy groups -OCH3 is 3. The Morgan fingerprint density at radius 3 is 2.67 bits per heavy atom. The van der Waals surface area contributed by atoms with Gasteiger partial charge in [0.25, 0.3) is 0 Å². The van der Waals surface area contributed by atoms with E-state index in [1.165, 1.54) is 17.4 Å². The lowest BCUT2D eigenvalue weighted by molar-refractivity contribution is 0.187. The summed E-state index contributed by atoms with van der Waals surface area (Å²) in [5, 5.41) is 1.72. The van der Waals surface area contributed by atoms with E-state index in [2.05, 4.69) is 22.5 Å². The second-order valence-corrected chi connectivity index (χ2v) is 9.77. The van der Waals surface area contributed by atoms with Gasteiger partial charge in [-0.1, -0.05) is 0 Å². The number of thioether (sulfide) groups is 1. The molecule has 2 aliphatic heterocycles. The average molecular weight is 509 g/mol. The zero-order valence-electron chi connectivity index (χ0n) is 20.4. The molecule has 0 radical (unpaired) electrons. The average Bonchev–Trinajstić information content (AvgIpc) is 3.69. The van der Waals surface area contributed by atoms with Gasteiger partial charge in [0.1, 0.15) is 35.1 Å². The molecule has 0 saturated carbocycles. The van der Waals surface area contributed by atoms with Crippen molar-refractivity contribution < 1.29 is 23.4 Å². The summed E-state index contributed by atoms with van der Waals surface area (Å²) in [7, 11) is 4.99. The molecular formula is C26H28N4O5S. The topological polar surface area (TPSA) is 83.2 Å². The quantitative estimate of drug-likeness (QED) is 0.356. The van der Waals surface area contributed by atoms with Gasteiger partial charge in [0.2, 0.25) is 0 Å². The SMILES string of the molecule is COc1ccc(N2CCC[C@H]2COc2cc(OC)cc3oc(-c4cn5c(n4)SC(OC)N5)cc23)cc1. The minimum absolute atomic E-state index is 0.144. The van der Waals surface area contributed by atoms with E-state index in [1.54, 1.807) is 21.3 Å². The van der Waals surface area contributed by atoms with Gasteiger partial charge in [0.15, 0.2) is 16.5 Å². The number of nitrogens with one attached hydrogen (secondary N) is 1. The van der Waals surface area contributed by atoms with Gasteiger partial charge in [-0.15, -0.1) is 0 Å². The standard InChI is InChI=1S/C26H28N4O5S/c1-31-18-8-6-16(7-9-18)29-10-4-5-17(29)15-34-22-11-19(32-2)12-23-20(22)13-24(35-23)21-14-30-25(27-21)36-26(28-30)33-3/h6-9,11-14,17,26,28H,4-5,10,15H2,1-3H3/t17-,26?/m0/s1. The zero-order valence-corrected chi connectivity index (χ0v) is 21.2. The highest BCUT2D eigenvalue weighted by molar-refractivity contribution is 7.99. The van der Waals surface area contributed by atoms with E-state index in [0.717, 1.165) is 47.1 Å². The molecule has 0 aliphatic carbocycles. The molecule has 2 aliphatic rings. The Morgan fingerprint density at radius 2 is 1.92 bits per heavy atom. The number of furan rings is 1. The number of benzene rings is 2. The fourth-order valence-electron chi connectivity index (χ4n) is 4.75. The summed E-state index contributed by atoms with van der Waals surface area (Å²) in [6.45, 7) is 1.57. The number of fused-ring (bicyclic) bond motifs is 2. The first kappa shape index (κ1) is 22.9. The molecule has 1 saturated heterocycles. The van der Waals surface area contributed by atoms with Gasteiger partial charge < -0.3 is 28.3 Å². The molecule has 4 heterocycles. The van der Waals surface area contributed by atoms with E-state index in [9.17, 15) is 0 Å². The van der Waals surface area contributed by atoms with Crippen molar-refractivity contribution in [2.24, 2.45) is 0 Å². The van der Waals surface area contributed by atoms with Crippen LogP contribution in [0.4, 0.5) is 5.69 Å². The van der Waals surface area contributed by atoms with E-state index in [1.807, 2.05) is 41.2 Å². The minimum atomic E-state index is -0.144. The fraction of sp³-hybridized carbons (Fsp3) is 0.346. The van der Waals surface area contributed by atoms with Crippen molar-refractivity contribution in [3.05, 3.63) is 48.7 Å². The molecule has 2 atom stereocenters. The van der Waals surface area contributed by atoms with Gasteiger partial charge in [-0.25, -0.2) is 9.66 Å². The predicted molar refractivity (Wildman–Crippen MR) is 139 cm³/mol. The maximum atomic E-state index is 6.42. The molecule has 36 heavy (non-hydrogen) atoms. The lowest BCUT2D eigenvalue weighted by atomic mass is 10.2. The van der Waals surface area contributed by atoms with E-state index in [-0.39, 0.29) is 11.6 Å². The van der Waals surface area contributed by atoms with Crippen LogP contribution in [0.5, 0.6) is 17.2 Å². The van der Waals surface area contributed by atoms with E-state index in [4.69, 9.17) is 28.3 Å². The lowest BCUT2D eigenvalue weighted by Gasteiger charge is -2.27. The highest BCUT2D eigenvalue weighted by Crippen LogP contribution is 2.39. The molecule has 188 valence electrons. The van der Waals surface area contributed by atoms with Gasteiger partial charge in [-0.2, -0.15) is 0 Å². The highest BCUT2D eigenvalue weighted by atomic mass is 32.2. The number of hydrogen-bond acceptors (Lipinski definition) is 9. The van der Waals surface area contributed by atoms with E-state index >= 15 is 0 Å². The van der Waals surface area contributed by atoms with Crippen LogP contribution in [0.2, 0.25) is 0 Å². The predicted octanol–water partition coefficient (Wildman–Crippen LogP) is 4.94. The van der Waals surface area contributed by atoms with Crippen molar-refractivity contribution in [2.75, 3.05) is 44.8 Å². The maximum absolute atomic E-state index is 6.42. The molecule has 1 fully saturated rings. The van der Waals surface area contributed by atoms with Crippen LogP contribution in [0.15, 0.2) is 58.2 Å². The fourth-order valence-corrected chi connectivity index (χ4v) is 5.57. The minimum Gasteiger partial charge on any atom is -0.497 e. The Kier molecular flexibility index (Phi) is 6.06. The van der Waals surface area contributed by atoms with Crippen LogP contribution >= 0.6 is 11.8 Å². The molecular weight excluding hydrogens is 480 g/mol. The molecule has 0 amide bonds. The van der Waals surface area contributed by atoms with Crippen LogP contribution in [0.1, 0.15) is 12.8 Å². The van der Waals surface area contributed by atoms with Crippen molar-refractivity contribution in [2.45, 2.75) is 29.6 Å². The molecule has 4 aromatic rings. The van der Waals surface area contributed by atoms with Crippen molar-refractivity contribution in [1.29, 1.82) is 0 Å². The Balaban J connectivity index is 1.24. The van der Waals surface area contributed by atoms with Crippen LogP contribution in [-0.2, 0) is 4.74 Å². The van der Waals surface area contributed by atoms with Gasteiger partial charge in [0, 0.05) is 31.5 Å². The summed E-state index contributed by atoms with van der Waals surface area (Å²) < 4.78 is 30.6. The van der Waals surface area contributed by atoms with Crippen LogP contribution in [0, 0.1) is 0 Å². The van der Waals surface area contributed by atoms with E-state index < -0.39 is 0 Å². The lowest BCUT2D eigenvalue weighted by Crippen LogP contribution is -2.34. The van der Waals surface area contributed by atoms with Gasteiger partial charge >= 0.3 is 0 Å². The first-order chi connectivity index (χ1) is 17.6. The molecule has 9 nitrogen and oxygen atoms in total. The van der Waals surface area contributed by atoms with Crippen LogP contribution in [0.3, 0.4) is 0 Å². The molecule has 1 unspecified atom stereocenters. The summed E-state index contributed by atoms with van der Waals surface area (Å²) in [5.74, 6) is 2.95. The smallest absolute Gasteiger partial charge is 0.196 e. The van der Waals surface area contributed by atoms with Crippen molar-refractivity contribution >= 4 is 28.4 Å². The Morgan fingerprint density at radius 1 is 1.08 bits per heavy atom. The molecule has 0 spiro atoms. The number of ether oxygens (including phenoxy) is 4. The molecule has 6 rings (SSSR count). The third kappa shape index (κ3) is 4.20. The normalized spacial score (nSPS) is 18.9. The summed E-state index contributed by atoms with van der Waals surface area (Å²) in [6.07, 6.45) is 4.11. The molecule has 0 bridgehead atoms. The third-order valence-corrected chi connectivity index (χ3v) is 7.63. The zero-order chi connectivity index (χ0) is 24.6. The first-order valence-electron chi connectivity index (χ1n) is 11.9. The second kappa shape index (κ2) is 9.51. The van der Waals surface area contributed by atoms with Crippen LogP contribution in [0.25, 0.3) is 22.4 Å². The number of aromatic nitrogens is 2. The third-order valence-electron chi connectivity index (χ3n) is 6.62. The van der Waals surface area contributed by atoms with E-state index in [0.29, 0.717) is 23.7 Å². The van der Waals surface area contributed by atoms with Crippen LogP contribution in [-0.4, -0.2) is 55.7 Å². The Labute approximate surface area is 213 Å². The van der Waals surface area contributed by atoms with Crippen molar-refractivity contribution in [3.63, 3.8) is 0 Å². The number of imidazole rings is 1. The second-order valence-electron chi connectivity index (χ2n) is 8.74. The monoisotopic (exact) mass is 508 g/mol. The summed E-state index contributed by atoms with van der Waals surface area (Å²) in [5.41, 5.74) is 5.68. The number of anilines is 1. The Bertz CT molecular complexity index is 1350. The number of hydrogen-bond donors (Lipinski definition) is 1.